The van der Waals surface area contributed by atoms with Crippen molar-refractivity contribution in [2.75, 3.05) is 13.2 Å². The summed E-state index contributed by atoms with van der Waals surface area (Å²) in [6.07, 6.45) is 9.15. The first-order chi connectivity index (χ1) is 7.83. The van der Waals surface area contributed by atoms with E-state index in [1.165, 1.54) is 23.7 Å². The molecular weight excluding hydrogens is 206 g/mol. The van der Waals surface area contributed by atoms with Crippen molar-refractivity contribution in [2.45, 2.75) is 31.7 Å². The van der Waals surface area contributed by atoms with Crippen molar-refractivity contribution in [3.63, 3.8) is 0 Å². The Bertz CT molecular complexity index is 331. The maximum atomic E-state index is 12.1. The van der Waals surface area contributed by atoms with E-state index < -0.39 is 0 Å². The van der Waals surface area contributed by atoms with Gasteiger partial charge in [-0.2, -0.15) is 0 Å². The lowest BCUT2D eigenvalue weighted by atomic mass is 10.2. The van der Waals surface area contributed by atoms with Crippen molar-refractivity contribution in [1.82, 2.24) is 14.5 Å². The second-order valence-corrected chi connectivity index (χ2v) is 4.11. The van der Waals surface area contributed by atoms with Crippen LogP contribution in [-0.2, 0) is 0 Å². The molecule has 0 bridgehead atoms. The molecule has 16 heavy (non-hydrogen) atoms. The zero-order chi connectivity index (χ0) is 11.4. The van der Waals surface area contributed by atoms with Crippen LogP contribution in [-0.4, -0.2) is 44.8 Å². The van der Waals surface area contributed by atoms with Gasteiger partial charge in [0.1, 0.15) is 6.33 Å². The van der Waals surface area contributed by atoms with Crippen LogP contribution in [0.4, 0.5) is 4.79 Å². The Kier molecular flexibility index (Phi) is 3.56. The highest BCUT2D eigenvalue weighted by Crippen LogP contribution is 2.23. The lowest BCUT2D eigenvalue weighted by molar-refractivity contribution is 0.154. The van der Waals surface area contributed by atoms with Gasteiger partial charge in [-0.3, -0.25) is 4.57 Å². The summed E-state index contributed by atoms with van der Waals surface area (Å²) in [5.41, 5.74) is 0. The highest BCUT2D eigenvalue weighted by atomic mass is 16.3. The topological polar surface area (TPSA) is 58.4 Å². The largest absolute Gasteiger partial charge is 0.395 e. The molecule has 0 aliphatic heterocycles. The van der Waals surface area contributed by atoms with E-state index >= 15 is 0 Å². The van der Waals surface area contributed by atoms with E-state index in [9.17, 15) is 4.79 Å². The lowest BCUT2D eigenvalue weighted by Gasteiger charge is -2.28. The average Bonchev–Trinajstić information content (AvgIpc) is 2.96. The van der Waals surface area contributed by atoms with E-state index in [0.717, 1.165) is 12.8 Å². The predicted octanol–water partition coefficient (Wildman–Crippen LogP) is 1.09. The van der Waals surface area contributed by atoms with Crippen LogP contribution in [0.25, 0.3) is 0 Å². The summed E-state index contributed by atoms with van der Waals surface area (Å²) in [6.45, 7) is 0.415. The van der Waals surface area contributed by atoms with Crippen LogP contribution in [0.15, 0.2) is 18.7 Å². The van der Waals surface area contributed by atoms with Gasteiger partial charge in [0, 0.05) is 25.0 Å². The van der Waals surface area contributed by atoms with Gasteiger partial charge in [-0.25, -0.2) is 9.78 Å². The SMILES string of the molecule is O=C(N(CCO)C1CCCC1)n1ccnc1. The molecule has 1 N–H and O–H groups in total. The van der Waals surface area contributed by atoms with E-state index in [1.807, 2.05) is 0 Å². The summed E-state index contributed by atoms with van der Waals surface area (Å²) < 4.78 is 1.47. The van der Waals surface area contributed by atoms with Gasteiger partial charge in [0.2, 0.25) is 0 Å². The molecule has 1 heterocycles. The summed E-state index contributed by atoms with van der Waals surface area (Å²) in [6, 6.07) is 0.195. The van der Waals surface area contributed by atoms with Gasteiger partial charge >= 0.3 is 6.03 Å². The van der Waals surface area contributed by atoms with Crippen molar-refractivity contribution in [3.05, 3.63) is 18.7 Å². The number of amides is 1. The fraction of sp³-hybridized carbons (Fsp3) is 0.636. The maximum absolute atomic E-state index is 12.1. The van der Waals surface area contributed by atoms with Gasteiger partial charge < -0.3 is 10.0 Å². The zero-order valence-electron chi connectivity index (χ0n) is 9.25. The number of nitrogens with zero attached hydrogens (tertiary/aromatic N) is 3. The first-order valence-corrected chi connectivity index (χ1v) is 5.72. The number of carbonyl (C=O) groups is 1. The number of aromatic nitrogens is 2. The fourth-order valence-electron chi connectivity index (χ4n) is 2.28. The minimum atomic E-state index is -0.0848. The molecule has 0 atom stereocenters. The standard InChI is InChI=1S/C11H17N3O2/c15-8-7-14(10-3-1-2-4-10)11(16)13-6-5-12-9-13/h5-6,9-10,15H,1-4,7-8H2. The van der Waals surface area contributed by atoms with E-state index in [1.54, 1.807) is 17.3 Å². The van der Waals surface area contributed by atoms with Crippen LogP contribution in [0, 0.1) is 0 Å². The quantitative estimate of drug-likeness (QED) is 0.834. The van der Waals surface area contributed by atoms with Crippen molar-refractivity contribution >= 4 is 6.03 Å². The molecule has 1 aromatic heterocycles. The van der Waals surface area contributed by atoms with Crippen LogP contribution in [0.3, 0.4) is 0 Å². The monoisotopic (exact) mass is 223 g/mol. The number of aliphatic hydroxyl groups excluding tert-OH is 1. The number of hydrogen-bond donors (Lipinski definition) is 1. The molecule has 0 aromatic carbocycles. The molecule has 1 aliphatic carbocycles. The summed E-state index contributed by atoms with van der Waals surface area (Å²) in [7, 11) is 0. The van der Waals surface area contributed by atoms with Gasteiger partial charge in [0.15, 0.2) is 0 Å². The summed E-state index contributed by atoms with van der Waals surface area (Å²) >= 11 is 0. The molecular formula is C11H17N3O2. The molecule has 0 spiro atoms. The molecule has 1 amide bonds. The number of carbonyl (C=O) groups excluding carboxylic acids is 1. The molecule has 1 aliphatic rings. The Labute approximate surface area is 94.7 Å². The zero-order valence-corrected chi connectivity index (χ0v) is 9.25. The van der Waals surface area contributed by atoms with E-state index in [2.05, 4.69) is 4.98 Å². The third-order valence-electron chi connectivity index (χ3n) is 3.08. The van der Waals surface area contributed by atoms with Crippen molar-refractivity contribution in [3.8, 4) is 0 Å². The Morgan fingerprint density at radius 3 is 2.81 bits per heavy atom. The Hall–Kier alpha value is -1.36. The first kappa shape index (κ1) is 11.1. The van der Waals surface area contributed by atoms with Gasteiger partial charge in [-0.05, 0) is 12.8 Å². The van der Waals surface area contributed by atoms with Gasteiger partial charge in [0.25, 0.3) is 0 Å². The van der Waals surface area contributed by atoms with Crippen molar-refractivity contribution in [2.24, 2.45) is 0 Å². The maximum Gasteiger partial charge on any atom is 0.329 e. The average molecular weight is 223 g/mol. The van der Waals surface area contributed by atoms with Crippen LogP contribution in [0.2, 0.25) is 0 Å². The van der Waals surface area contributed by atoms with E-state index in [-0.39, 0.29) is 18.7 Å². The molecule has 5 heteroatoms. The third kappa shape index (κ3) is 2.24. The summed E-state index contributed by atoms with van der Waals surface area (Å²) in [5.74, 6) is 0. The molecule has 0 radical (unpaired) electrons. The second-order valence-electron chi connectivity index (χ2n) is 4.11. The highest BCUT2D eigenvalue weighted by Gasteiger charge is 2.26. The number of imidazole rings is 1. The molecule has 88 valence electrons. The first-order valence-electron chi connectivity index (χ1n) is 5.72. The molecule has 0 saturated heterocycles. The van der Waals surface area contributed by atoms with Crippen LogP contribution < -0.4 is 0 Å². The lowest BCUT2D eigenvalue weighted by Crippen LogP contribution is -2.42. The van der Waals surface area contributed by atoms with E-state index in [4.69, 9.17) is 5.11 Å². The Morgan fingerprint density at radius 1 is 1.50 bits per heavy atom. The number of rotatable bonds is 3. The fourth-order valence-corrected chi connectivity index (χ4v) is 2.28. The smallest absolute Gasteiger partial charge is 0.329 e. The normalized spacial score (nSPS) is 16.6. The van der Waals surface area contributed by atoms with E-state index in [0.29, 0.717) is 6.54 Å². The molecule has 1 fully saturated rings. The van der Waals surface area contributed by atoms with Gasteiger partial charge in [-0.1, -0.05) is 12.8 Å². The van der Waals surface area contributed by atoms with Crippen molar-refractivity contribution < 1.29 is 9.90 Å². The van der Waals surface area contributed by atoms with Crippen molar-refractivity contribution in [1.29, 1.82) is 0 Å². The molecule has 1 saturated carbocycles. The second kappa shape index (κ2) is 5.12. The van der Waals surface area contributed by atoms with Gasteiger partial charge in [0.05, 0.1) is 6.61 Å². The predicted molar refractivity (Wildman–Crippen MR) is 59.1 cm³/mol. The summed E-state index contributed by atoms with van der Waals surface area (Å²) in [4.78, 5) is 17.7. The molecule has 5 nitrogen and oxygen atoms in total. The van der Waals surface area contributed by atoms with Crippen LogP contribution in [0.5, 0.6) is 0 Å². The molecule has 1 aromatic rings. The van der Waals surface area contributed by atoms with Crippen LogP contribution >= 0.6 is 0 Å². The molecule has 2 rings (SSSR count). The minimum Gasteiger partial charge on any atom is -0.395 e. The van der Waals surface area contributed by atoms with Gasteiger partial charge in [-0.15, -0.1) is 0 Å². The Balaban J connectivity index is 2.09. The minimum absolute atomic E-state index is 0.0109. The highest BCUT2D eigenvalue weighted by molar-refractivity contribution is 5.77. The Morgan fingerprint density at radius 2 is 2.25 bits per heavy atom. The number of hydrogen-bond acceptors (Lipinski definition) is 3. The number of aliphatic hydroxyl groups is 1. The third-order valence-corrected chi connectivity index (χ3v) is 3.08. The van der Waals surface area contributed by atoms with Crippen LogP contribution in [0.1, 0.15) is 25.7 Å². The molecule has 0 unspecified atom stereocenters. The summed E-state index contributed by atoms with van der Waals surface area (Å²) in [5, 5.41) is 9.02.